The minimum absolute atomic E-state index is 0.442. The predicted molar refractivity (Wildman–Crippen MR) is 64.2 cm³/mol. The fourth-order valence-electron chi connectivity index (χ4n) is 2.76. The molecule has 0 heterocycles. The molecule has 0 amide bonds. The van der Waals surface area contributed by atoms with Gasteiger partial charge in [0.15, 0.2) is 0 Å². The van der Waals surface area contributed by atoms with Gasteiger partial charge >= 0.3 is 0 Å². The largest absolute Gasteiger partial charge is 0.0999 e. The van der Waals surface area contributed by atoms with Crippen LogP contribution in [0.1, 0.15) is 47.0 Å². The molecule has 1 rings (SSSR count). The molecule has 0 aromatic heterocycles. The second-order valence-corrected chi connectivity index (χ2v) is 5.71. The van der Waals surface area contributed by atoms with Gasteiger partial charge in [0.05, 0.1) is 0 Å². The molecule has 0 spiro atoms. The molecule has 0 nitrogen and oxygen atoms in total. The van der Waals surface area contributed by atoms with E-state index in [1.54, 1.807) is 0 Å². The van der Waals surface area contributed by atoms with Gasteiger partial charge in [-0.25, -0.2) is 0 Å². The van der Waals surface area contributed by atoms with Crippen molar-refractivity contribution in [1.29, 1.82) is 0 Å². The Morgan fingerprint density at radius 1 is 1.14 bits per heavy atom. The van der Waals surface area contributed by atoms with E-state index in [1.165, 1.54) is 30.4 Å². The van der Waals surface area contributed by atoms with Crippen molar-refractivity contribution in [3.63, 3.8) is 0 Å². The summed E-state index contributed by atoms with van der Waals surface area (Å²) in [5, 5.41) is 0. The van der Waals surface area contributed by atoms with Gasteiger partial charge in [-0.2, -0.15) is 0 Å². The zero-order chi connectivity index (χ0) is 10.9. The van der Waals surface area contributed by atoms with Crippen LogP contribution in [-0.4, -0.2) is 0 Å². The predicted octanol–water partition coefficient (Wildman–Crippen LogP) is 4.58. The van der Waals surface area contributed by atoms with Crippen LogP contribution in [-0.2, 0) is 0 Å². The van der Waals surface area contributed by atoms with Crippen LogP contribution in [0.25, 0.3) is 0 Å². The number of hydrogen-bond acceptors (Lipinski definition) is 0. The quantitative estimate of drug-likeness (QED) is 0.562. The van der Waals surface area contributed by atoms with E-state index in [4.69, 9.17) is 0 Å². The van der Waals surface area contributed by atoms with Gasteiger partial charge in [0.2, 0.25) is 0 Å². The maximum atomic E-state index is 4.14. The van der Waals surface area contributed by atoms with E-state index >= 15 is 0 Å². The average molecular weight is 192 g/mol. The smallest absolute Gasteiger partial charge is 0.0152 e. The van der Waals surface area contributed by atoms with Gasteiger partial charge in [0, 0.05) is 0 Å². The Bertz CT molecular complexity index is 245. The van der Waals surface area contributed by atoms with Gasteiger partial charge in [-0.05, 0) is 50.4 Å². The van der Waals surface area contributed by atoms with Crippen molar-refractivity contribution in [3.8, 4) is 0 Å². The summed E-state index contributed by atoms with van der Waals surface area (Å²) in [6, 6.07) is 0. The fourth-order valence-corrected chi connectivity index (χ4v) is 2.76. The van der Waals surface area contributed by atoms with Crippen molar-refractivity contribution in [2.45, 2.75) is 47.0 Å². The summed E-state index contributed by atoms with van der Waals surface area (Å²) in [6.07, 6.45) is 3.88. The summed E-state index contributed by atoms with van der Waals surface area (Å²) in [5.41, 5.74) is 3.14. The molecule has 0 saturated heterocycles. The second-order valence-electron chi connectivity index (χ2n) is 5.71. The number of allylic oxidation sites excluding steroid dienone is 2. The van der Waals surface area contributed by atoms with Gasteiger partial charge in [0.1, 0.15) is 0 Å². The van der Waals surface area contributed by atoms with Gasteiger partial charge < -0.3 is 0 Å². The molecule has 0 aliphatic heterocycles. The molecule has 0 N–H and O–H groups in total. The topological polar surface area (TPSA) is 0 Å². The van der Waals surface area contributed by atoms with Crippen molar-refractivity contribution < 1.29 is 0 Å². The van der Waals surface area contributed by atoms with E-state index < -0.39 is 0 Å². The molecular formula is C14H24. The molecule has 0 radical (unpaired) electrons. The van der Waals surface area contributed by atoms with Crippen LogP contribution in [0.4, 0.5) is 0 Å². The lowest BCUT2D eigenvalue weighted by atomic mass is 9.62. The summed E-state index contributed by atoms with van der Waals surface area (Å²) in [7, 11) is 0. The first kappa shape index (κ1) is 11.6. The summed E-state index contributed by atoms with van der Waals surface area (Å²) in [5.74, 6) is 1.41. The highest BCUT2D eigenvalue weighted by molar-refractivity contribution is 5.09. The summed E-state index contributed by atoms with van der Waals surface area (Å²) >= 11 is 0. The third-order valence-corrected chi connectivity index (χ3v) is 3.89. The fraction of sp³-hybridized carbons (Fsp3) is 0.714. The SMILES string of the molecule is C=C(C)[C@H]1CCC(C)(C)[C@@H](C(=C)C)C1. The van der Waals surface area contributed by atoms with Gasteiger partial charge in [-0.15, -0.1) is 0 Å². The normalized spacial score (nSPS) is 31.1. The average Bonchev–Trinajstić information content (AvgIpc) is 2.02. The Labute approximate surface area is 89.1 Å². The molecule has 1 aliphatic rings. The number of rotatable bonds is 2. The Morgan fingerprint density at radius 3 is 2.14 bits per heavy atom. The molecule has 0 bridgehead atoms. The van der Waals surface area contributed by atoms with Crippen LogP contribution in [0.5, 0.6) is 0 Å². The van der Waals surface area contributed by atoms with E-state index in [1.807, 2.05) is 0 Å². The van der Waals surface area contributed by atoms with Crippen LogP contribution >= 0.6 is 0 Å². The first-order chi connectivity index (χ1) is 6.34. The highest BCUT2D eigenvalue weighted by Gasteiger charge is 2.36. The molecule has 1 aliphatic carbocycles. The van der Waals surface area contributed by atoms with Crippen LogP contribution in [0.15, 0.2) is 24.3 Å². The van der Waals surface area contributed by atoms with Crippen molar-refractivity contribution in [1.82, 2.24) is 0 Å². The molecule has 14 heavy (non-hydrogen) atoms. The summed E-state index contributed by atoms with van der Waals surface area (Å²) < 4.78 is 0. The van der Waals surface area contributed by atoms with Gasteiger partial charge in [0.25, 0.3) is 0 Å². The molecule has 0 unspecified atom stereocenters. The number of hydrogen-bond donors (Lipinski definition) is 0. The highest BCUT2D eigenvalue weighted by atomic mass is 14.4. The van der Waals surface area contributed by atoms with Gasteiger partial charge in [-0.1, -0.05) is 38.2 Å². The standard InChI is InChI=1S/C14H24/c1-10(2)12-7-8-14(5,6)13(9-12)11(3)4/h12-13H,1,3,7-9H2,2,4-6H3/t12-,13+/m0/s1. The van der Waals surface area contributed by atoms with E-state index in [9.17, 15) is 0 Å². The van der Waals surface area contributed by atoms with Crippen molar-refractivity contribution in [2.75, 3.05) is 0 Å². The lowest BCUT2D eigenvalue weighted by Gasteiger charge is -2.43. The zero-order valence-electron chi connectivity index (χ0n) is 10.2. The van der Waals surface area contributed by atoms with E-state index in [0.717, 1.165) is 5.92 Å². The Kier molecular flexibility index (Phi) is 3.24. The first-order valence-corrected chi connectivity index (χ1v) is 5.65. The van der Waals surface area contributed by atoms with E-state index in [0.29, 0.717) is 11.3 Å². The molecule has 0 heteroatoms. The van der Waals surface area contributed by atoms with E-state index in [-0.39, 0.29) is 0 Å². The third-order valence-electron chi connectivity index (χ3n) is 3.89. The van der Waals surface area contributed by atoms with Crippen LogP contribution in [0, 0.1) is 17.3 Å². The minimum Gasteiger partial charge on any atom is -0.0999 e. The zero-order valence-corrected chi connectivity index (χ0v) is 10.2. The van der Waals surface area contributed by atoms with Crippen LogP contribution in [0.2, 0.25) is 0 Å². The lowest BCUT2D eigenvalue weighted by molar-refractivity contribution is 0.138. The molecular weight excluding hydrogens is 168 g/mol. The Balaban J connectivity index is 2.77. The summed E-state index contributed by atoms with van der Waals surface area (Å²) in [4.78, 5) is 0. The molecule has 0 aromatic rings. The van der Waals surface area contributed by atoms with Crippen LogP contribution < -0.4 is 0 Å². The van der Waals surface area contributed by atoms with Crippen molar-refractivity contribution in [3.05, 3.63) is 24.3 Å². The summed E-state index contributed by atoms with van der Waals surface area (Å²) in [6.45, 7) is 17.3. The lowest BCUT2D eigenvalue weighted by Crippen LogP contribution is -2.32. The van der Waals surface area contributed by atoms with Crippen LogP contribution in [0.3, 0.4) is 0 Å². The third kappa shape index (κ3) is 2.29. The monoisotopic (exact) mass is 192 g/mol. The maximum absolute atomic E-state index is 4.14. The molecule has 2 atom stereocenters. The first-order valence-electron chi connectivity index (χ1n) is 5.65. The highest BCUT2D eigenvalue weighted by Crippen LogP contribution is 2.47. The Morgan fingerprint density at radius 2 is 1.71 bits per heavy atom. The molecule has 80 valence electrons. The second kappa shape index (κ2) is 3.92. The van der Waals surface area contributed by atoms with Crippen molar-refractivity contribution >= 4 is 0 Å². The van der Waals surface area contributed by atoms with Gasteiger partial charge in [-0.3, -0.25) is 0 Å². The Hall–Kier alpha value is -0.520. The van der Waals surface area contributed by atoms with E-state index in [2.05, 4.69) is 40.9 Å². The minimum atomic E-state index is 0.442. The maximum Gasteiger partial charge on any atom is -0.0152 e. The molecule has 1 fully saturated rings. The molecule has 1 saturated carbocycles. The molecule has 0 aromatic carbocycles. The van der Waals surface area contributed by atoms with Crippen molar-refractivity contribution in [2.24, 2.45) is 17.3 Å².